The van der Waals surface area contributed by atoms with Crippen LogP contribution in [0.15, 0.2) is 18.5 Å². The summed E-state index contributed by atoms with van der Waals surface area (Å²) in [4.78, 5) is 17.9. The van der Waals surface area contributed by atoms with Gasteiger partial charge in [0.2, 0.25) is 0 Å². The number of hydrogen-bond acceptors (Lipinski definition) is 3. The van der Waals surface area contributed by atoms with Crippen molar-refractivity contribution in [2.45, 2.75) is 6.92 Å². The Bertz CT molecular complexity index is 371. The van der Waals surface area contributed by atoms with E-state index in [1.165, 1.54) is 0 Å². The van der Waals surface area contributed by atoms with Crippen molar-refractivity contribution in [3.63, 3.8) is 0 Å². The van der Waals surface area contributed by atoms with Gasteiger partial charge in [0.25, 0.3) is 5.91 Å². The molecule has 0 atom stereocenters. The van der Waals surface area contributed by atoms with Crippen LogP contribution in [0.1, 0.15) is 15.9 Å². The van der Waals surface area contributed by atoms with Crippen LogP contribution in [0, 0.1) is 6.92 Å². The topological polar surface area (TPSA) is 42.4 Å². The molecule has 0 aliphatic rings. The van der Waals surface area contributed by atoms with Crippen LogP contribution in [0.2, 0.25) is 0 Å². The predicted molar refractivity (Wildman–Crippen MR) is 67.5 cm³/mol. The van der Waals surface area contributed by atoms with Crippen LogP contribution in [-0.4, -0.2) is 48.5 Å². The number of pyridine rings is 1. The molecule has 17 heavy (non-hydrogen) atoms. The lowest BCUT2D eigenvalue weighted by Crippen LogP contribution is -2.35. The summed E-state index contributed by atoms with van der Waals surface area (Å²) in [5.74, 6) is 0.355. The van der Waals surface area contributed by atoms with Crippen molar-refractivity contribution in [3.8, 4) is 0 Å². The zero-order valence-corrected chi connectivity index (χ0v) is 10.9. The first kappa shape index (κ1) is 13.9. The Morgan fingerprint density at radius 3 is 2.82 bits per heavy atom. The third-order valence-corrected chi connectivity index (χ3v) is 2.50. The zero-order chi connectivity index (χ0) is 12.7. The van der Waals surface area contributed by atoms with Gasteiger partial charge in [-0.1, -0.05) is 0 Å². The maximum Gasteiger partial charge on any atom is 0.255 e. The minimum absolute atomic E-state index is 0.0566. The van der Waals surface area contributed by atoms with Gasteiger partial charge >= 0.3 is 0 Å². The van der Waals surface area contributed by atoms with Gasteiger partial charge in [-0.3, -0.25) is 9.78 Å². The maximum atomic E-state index is 12.2. The number of methoxy groups -OCH3 is 1. The predicted octanol–water partition coefficient (Wildman–Crippen LogP) is 1.72. The molecule has 1 amide bonds. The van der Waals surface area contributed by atoms with Crippen LogP contribution in [0.3, 0.4) is 0 Å². The minimum Gasteiger partial charge on any atom is -0.383 e. The number of carbonyl (C=O) groups excluding carboxylic acids is 1. The molecule has 0 fully saturated rings. The smallest absolute Gasteiger partial charge is 0.255 e. The van der Waals surface area contributed by atoms with Crippen LogP contribution >= 0.6 is 11.6 Å². The summed E-state index contributed by atoms with van der Waals surface area (Å²) in [6.45, 7) is 3.46. The number of aromatic nitrogens is 1. The van der Waals surface area contributed by atoms with Crippen LogP contribution in [-0.2, 0) is 4.74 Å². The van der Waals surface area contributed by atoms with Crippen molar-refractivity contribution in [1.29, 1.82) is 0 Å². The van der Waals surface area contributed by atoms with E-state index in [9.17, 15) is 4.79 Å². The third-order valence-electron chi connectivity index (χ3n) is 2.33. The van der Waals surface area contributed by atoms with Gasteiger partial charge in [0.05, 0.1) is 12.2 Å². The van der Waals surface area contributed by atoms with Crippen molar-refractivity contribution in [2.24, 2.45) is 0 Å². The fraction of sp³-hybridized carbons (Fsp3) is 0.500. The lowest BCUT2D eigenvalue weighted by Gasteiger charge is -2.21. The molecule has 0 aliphatic carbocycles. The van der Waals surface area contributed by atoms with Gasteiger partial charge < -0.3 is 9.64 Å². The monoisotopic (exact) mass is 256 g/mol. The van der Waals surface area contributed by atoms with Gasteiger partial charge in [-0.25, -0.2) is 0 Å². The normalized spacial score (nSPS) is 10.3. The molecule has 0 N–H and O–H groups in total. The second-order valence-electron chi connectivity index (χ2n) is 3.72. The van der Waals surface area contributed by atoms with Crippen molar-refractivity contribution >= 4 is 17.5 Å². The molecule has 0 saturated heterocycles. The molecule has 5 heteroatoms. The molecule has 1 rings (SSSR count). The number of amides is 1. The van der Waals surface area contributed by atoms with E-state index in [-0.39, 0.29) is 5.91 Å². The number of ether oxygens (including phenoxy) is 1. The van der Waals surface area contributed by atoms with E-state index in [0.29, 0.717) is 31.1 Å². The van der Waals surface area contributed by atoms with E-state index < -0.39 is 0 Å². The van der Waals surface area contributed by atoms with Gasteiger partial charge in [-0.05, 0) is 18.6 Å². The number of alkyl halides is 1. The van der Waals surface area contributed by atoms with Crippen LogP contribution < -0.4 is 0 Å². The van der Waals surface area contributed by atoms with E-state index in [1.54, 1.807) is 24.4 Å². The number of hydrogen-bond donors (Lipinski definition) is 0. The molecule has 1 heterocycles. The minimum atomic E-state index is -0.0566. The van der Waals surface area contributed by atoms with Gasteiger partial charge in [0.1, 0.15) is 0 Å². The lowest BCUT2D eigenvalue weighted by molar-refractivity contribution is 0.0707. The third kappa shape index (κ3) is 4.32. The van der Waals surface area contributed by atoms with Gasteiger partial charge in [0, 0.05) is 38.5 Å². The average molecular weight is 257 g/mol. The fourth-order valence-electron chi connectivity index (χ4n) is 1.47. The molecule has 0 unspecified atom stereocenters. The summed E-state index contributed by atoms with van der Waals surface area (Å²) in [7, 11) is 1.61. The largest absolute Gasteiger partial charge is 0.383 e. The molecule has 0 aromatic carbocycles. The fourth-order valence-corrected chi connectivity index (χ4v) is 1.68. The highest BCUT2D eigenvalue weighted by atomic mass is 35.5. The van der Waals surface area contributed by atoms with Gasteiger partial charge in [-0.2, -0.15) is 0 Å². The van der Waals surface area contributed by atoms with E-state index in [2.05, 4.69) is 4.98 Å². The first-order chi connectivity index (χ1) is 8.19. The van der Waals surface area contributed by atoms with Gasteiger partial charge in [0.15, 0.2) is 0 Å². The summed E-state index contributed by atoms with van der Waals surface area (Å²) in [5, 5.41) is 0. The van der Waals surface area contributed by atoms with E-state index >= 15 is 0 Å². The molecule has 1 aromatic rings. The second kappa shape index (κ2) is 7.25. The summed E-state index contributed by atoms with van der Waals surface area (Å²) < 4.78 is 4.98. The number of halogens is 1. The molecule has 0 aliphatic heterocycles. The second-order valence-corrected chi connectivity index (χ2v) is 4.10. The molecule has 94 valence electrons. The highest BCUT2D eigenvalue weighted by Crippen LogP contribution is 2.06. The molecule has 0 bridgehead atoms. The van der Waals surface area contributed by atoms with Crippen LogP contribution in [0.5, 0.6) is 0 Å². The van der Waals surface area contributed by atoms with Crippen LogP contribution in [0.4, 0.5) is 0 Å². The Hall–Kier alpha value is -1.13. The molecular formula is C12H17ClN2O2. The Labute approximate surface area is 107 Å². The Morgan fingerprint density at radius 2 is 2.24 bits per heavy atom. The molecule has 0 radical (unpaired) electrons. The SMILES string of the molecule is COCCN(CCCl)C(=O)c1cncc(C)c1. The zero-order valence-electron chi connectivity index (χ0n) is 10.1. The summed E-state index contributed by atoms with van der Waals surface area (Å²) >= 11 is 5.69. The summed E-state index contributed by atoms with van der Waals surface area (Å²) in [6.07, 6.45) is 3.29. The van der Waals surface area contributed by atoms with Crippen molar-refractivity contribution in [1.82, 2.24) is 9.88 Å². The average Bonchev–Trinajstić information content (AvgIpc) is 2.33. The number of aryl methyl sites for hydroxylation is 1. The molecule has 1 aromatic heterocycles. The number of nitrogens with zero attached hydrogens (tertiary/aromatic N) is 2. The Kier molecular flexibility index (Phi) is 5.94. The number of rotatable bonds is 6. The highest BCUT2D eigenvalue weighted by molar-refractivity contribution is 6.18. The molecule has 0 spiro atoms. The lowest BCUT2D eigenvalue weighted by atomic mass is 10.2. The first-order valence-corrected chi connectivity index (χ1v) is 5.98. The molecule has 4 nitrogen and oxygen atoms in total. The van der Waals surface area contributed by atoms with Crippen molar-refractivity contribution in [3.05, 3.63) is 29.6 Å². The molecule has 0 saturated carbocycles. The number of carbonyl (C=O) groups is 1. The van der Waals surface area contributed by atoms with E-state index in [1.807, 2.05) is 13.0 Å². The Balaban J connectivity index is 2.76. The summed E-state index contributed by atoms with van der Waals surface area (Å²) in [6, 6.07) is 1.82. The van der Waals surface area contributed by atoms with E-state index in [4.69, 9.17) is 16.3 Å². The maximum absolute atomic E-state index is 12.2. The highest BCUT2D eigenvalue weighted by Gasteiger charge is 2.15. The van der Waals surface area contributed by atoms with Crippen LogP contribution in [0.25, 0.3) is 0 Å². The first-order valence-electron chi connectivity index (χ1n) is 5.45. The van der Waals surface area contributed by atoms with Gasteiger partial charge in [-0.15, -0.1) is 11.6 Å². The Morgan fingerprint density at radius 1 is 1.47 bits per heavy atom. The van der Waals surface area contributed by atoms with Crippen molar-refractivity contribution in [2.75, 3.05) is 32.7 Å². The molecular weight excluding hydrogens is 240 g/mol. The standard InChI is InChI=1S/C12H17ClN2O2/c1-10-7-11(9-14-8-10)12(16)15(4-3-13)5-6-17-2/h7-9H,3-6H2,1-2H3. The van der Waals surface area contributed by atoms with Crippen molar-refractivity contribution < 1.29 is 9.53 Å². The summed E-state index contributed by atoms with van der Waals surface area (Å²) in [5.41, 5.74) is 1.56. The quantitative estimate of drug-likeness (QED) is 0.728. The van der Waals surface area contributed by atoms with E-state index in [0.717, 1.165) is 5.56 Å².